The Kier molecular flexibility index (Phi) is 4.42. The Morgan fingerprint density at radius 1 is 1.29 bits per heavy atom. The van der Waals surface area contributed by atoms with E-state index >= 15 is 0 Å². The predicted molar refractivity (Wildman–Crippen MR) is 71.8 cm³/mol. The van der Waals surface area contributed by atoms with Gasteiger partial charge in [0.1, 0.15) is 5.82 Å². The van der Waals surface area contributed by atoms with Gasteiger partial charge in [0, 0.05) is 6.20 Å². The van der Waals surface area contributed by atoms with E-state index in [0.29, 0.717) is 11.5 Å². The van der Waals surface area contributed by atoms with Crippen LogP contribution in [-0.2, 0) is 11.3 Å². The molecular formula is C14H13F2N3O2. The molecule has 0 fully saturated rings. The third-order valence-electron chi connectivity index (χ3n) is 2.78. The lowest BCUT2D eigenvalue weighted by Gasteiger charge is -2.09. The van der Waals surface area contributed by atoms with Crippen molar-refractivity contribution in [2.45, 2.75) is 13.5 Å². The number of benzene rings is 1. The number of aromatic nitrogens is 2. The van der Waals surface area contributed by atoms with E-state index in [0.717, 1.165) is 13.2 Å². The lowest BCUT2D eigenvalue weighted by molar-refractivity contribution is 0.0594. The van der Waals surface area contributed by atoms with Crippen LogP contribution in [0.3, 0.4) is 0 Å². The van der Waals surface area contributed by atoms with E-state index in [1.807, 2.05) is 0 Å². The number of halogens is 2. The fraction of sp³-hybridized carbons (Fsp3) is 0.214. The number of rotatable bonds is 4. The van der Waals surface area contributed by atoms with Gasteiger partial charge in [0.25, 0.3) is 0 Å². The van der Waals surface area contributed by atoms with E-state index in [9.17, 15) is 13.6 Å². The minimum absolute atomic E-state index is 0.0589. The minimum atomic E-state index is -1.24. The maximum absolute atomic E-state index is 13.9. The van der Waals surface area contributed by atoms with Crippen molar-refractivity contribution >= 4 is 11.7 Å². The molecule has 0 bridgehead atoms. The summed E-state index contributed by atoms with van der Waals surface area (Å²) in [6.45, 7) is 1.94. The smallest absolute Gasteiger partial charge is 0.340 e. The highest BCUT2D eigenvalue weighted by Gasteiger charge is 2.18. The number of carbonyl (C=O) groups excluding carboxylic acids is 1. The zero-order valence-corrected chi connectivity index (χ0v) is 11.5. The largest absolute Gasteiger partial charge is 0.465 e. The van der Waals surface area contributed by atoms with Crippen LogP contribution >= 0.6 is 0 Å². The van der Waals surface area contributed by atoms with E-state index in [1.165, 1.54) is 6.07 Å². The Hall–Kier alpha value is -2.57. The van der Waals surface area contributed by atoms with Crippen molar-refractivity contribution in [3.8, 4) is 0 Å². The molecule has 0 aliphatic heterocycles. The molecule has 0 unspecified atom stereocenters. The van der Waals surface area contributed by atoms with Crippen molar-refractivity contribution in [2.75, 3.05) is 12.4 Å². The average Bonchev–Trinajstić information content (AvgIpc) is 2.48. The molecule has 0 aliphatic rings. The average molecular weight is 293 g/mol. The second kappa shape index (κ2) is 6.25. The molecule has 0 amide bonds. The van der Waals surface area contributed by atoms with Gasteiger partial charge < -0.3 is 10.1 Å². The van der Waals surface area contributed by atoms with Crippen LogP contribution < -0.4 is 5.32 Å². The molecule has 0 saturated heterocycles. The summed E-state index contributed by atoms with van der Waals surface area (Å²) in [6.07, 6.45) is 1.58. The second-order valence-corrected chi connectivity index (χ2v) is 4.23. The Morgan fingerprint density at radius 3 is 2.71 bits per heavy atom. The van der Waals surface area contributed by atoms with Crippen molar-refractivity contribution in [1.29, 1.82) is 0 Å². The second-order valence-electron chi connectivity index (χ2n) is 4.23. The molecule has 1 heterocycles. The van der Waals surface area contributed by atoms with Crippen LogP contribution in [0, 0.1) is 18.6 Å². The SMILES string of the molecule is COC(=O)c1ccc(NCc2ccnc(C)n2)c(F)c1F. The number of ether oxygens (including phenoxy) is 1. The molecular weight excluding hydrogens is 280 g/mol. The first-order chi connectivity index (χ1) is 10.0. The highest BCUT2D eigenvalue weighted by atomic mass is 19.2. The summed E-state index contributed by atoms with van der Waals surface area (Å²) in [4.78, 5) is 19.3. The Morgan fingerprint density at radius 2 is 2.05 bits per heavy atom. The number of methoxy groups -OCH3 is 1. The van der Waals surface area contributed by atoms with Crippen molar-refractivity contribution in [2.24, 2.45) is 0 Å². The first kappa shape index (κ1) is 14.8. The molecule has 0 atom stereocenters. The predicted octanol–water partition coefficient (Wildman–Crippen LogP) is 2.46. The summed E-state index contributed by atoms with van der Waals surface area (Å²) in [5, 5.41) is 2.72. The summed E-state index contributed by atoms with van der Waals surface area (Å²) in [5.41, 5.74) is 0.134. The molecule has 0 aliphatic carbocycles. The highest BCUT2D eigenvalue weighted by molar-refractivity contribution is 5.90. The number of esters is 1. The summed E-state index contributed by atoms with van der Waals surface area (Å²) in [7, 11) is 1.10. The fourth-order valence-electron chi connectivity index (χ4n) is 1.74. The summed E-state index contributed by atoms with van der Waals surface area (Å²) in [5.74, 6) is -2.72. The molecule has 0 saturated carbocycles. The highest BCUT2D eigenvalue weighted by Crippen LogP contribution is 2.21. The van der Waals surface area contributed by atoms with Crippen molar-refractivity contribution in [3.05, 3.63) is 53.1 Å². The van der Waals surface area contributed by atoms with Crippen molar-refractivity contribution < 1.29 is 18.3 Å². The van der Waals surface area contributed by atoms with Gasteiger partial charge in [-0.2, -0.15) is 0 Å². The molecule has 5 nitrogen and oxygen atoms in total. The van der Waals surface area contributed by atoms with E-state index in [2.05, 4.69) is 20.0 Å². The maximum atomic E-state index is 13.9. The van der Waals surface area contributed by atoms with Crippen LogP contribution in [0.2, 0.25) is 0 Å². The Labute approximate surface area is 120 Å². The van der Waals surface area contributed by atoms with Gasteiger partial charge in [0.2, 0.25) is 0 Å². The number of carbonyl (C=O) groups is 1. The van der Waals surface area contributed by atoms with Gasteiger partial charge in [0.15, 0.2) is 11.6 Å². The van der Waals surface area contributed by atoms with Crippen LogP contribution in [0.4, 0.5) is 14.5 Å². The first-order valence-electron chi connectivity index (χ1n) is 6.11. The number of aryl methyl sites for hydroxylation is 1. The zero-order valence-electron chi connectivity index (χ0n) is 11.5. The Balaban J connectivity index is 2.18. The van der Waals surface area contributed by atoms with Crippen molar-refractivity contribution in [3.63, 3.8) is 0 Å². The molecule has 1 N–H and O–H groups in total. The van der Waals surface area contributed by atoms with Gasteiger partial charge in [-0.05, 0) is 25.1 Å². The first-order valence-corrected chi connectivity index (χ1v) is 6.11. The third-order valence-corrected chi connectivity index (χ3v) is 2.78. The van der Waals surface area contributed by atoms with Crippen LogP contribution in [0.1, 0.15) is 21.9 Å². The van der Waals surface area contributed by atoms with Gasteiger partial charge in [-0.15, -0.1) is 0 Å². The van der Waals surface area contributed by atoms with Gasteiger partial charge in [0.05, 0.1) is 30.6 Å². The van der Waals surface area contributed by atoms with E-state index in [-0.39, 0.29) is 12.2 Å². The van der Waals surface area contributed by atoms with Crippen LogP contribution in [0.25, 0.3) is 0 Å². The lowest BCUT2D eigenvalue weighted by Crippen LogP contribution is -2.10. The summed E-state index contributed by atoms with van der Waals surface area (Å²) < 4.78 is 32.0. The number of nitrogens with zero attached hydrogens (tertiary/aromatic N) is 2. The van der Waals surface area contributed by atoms with Gasteiger partial charge in [-0.1, -0.05) is 0 Å². The molecule has 1 aromatic heterocycles. The van der Waals surface area contributed by atoms with Gasteiger partial charge in [-0.25, -0.2) is 23.5 Å². The molecule has 0 spiro atoms. The molecule has 2 rings (SSSR count). The quantitative estimate of drug-likeness (QED) is 0.877. The normalized spacial score (nSPS) is 10.3. The number of hydrogen-bond acceptors (Lipinski definition) is 5. The van der Waals surface area contributed by atoms with E-state index in [1.54, 1.807) is 19.2 Å². The maximum Gasteiger partial charge on any atom is 0.340 e. The van der Waals surface area contributed by atoms with Crippen molar-refractivity contribution in [1.82, 2.24) is 9.97 Å². The van der Waals surface area contributed by atoms with Crippen LogP contribution in [-0.4, -0.2) is 23.0 Å². The molecule has 1 aromatic carbocycles. The van der Waals surface area contributed by atoms with Gasteiger partial charge >= 0.3 is 5.97 Å². The monoisotopic (exact) mass is 293 g/mol. The standard InChI is InChI=1S/C14H13F2N3O2/c1-8-17-6-5-9(19-8)7-18-11-4-3-10(14(20)21-2)12(15)13(11)16/h3-6,18H,7H2,1-2H3. The molecule has 21 heavy (non-hydrogen) atoms. The van der Waals surface area contributed by atoms with Crippen LogP contribution in [0.15, 0.2) is 24.4 Å². The molecule has 2 aromatic rings. The summed E-state index contributed by atoms with van der Waals surface area (Å²) in [6, 6.07) is 4.10. The molecule has 0 radical (unpaired) electrons. The number of anilines is 1. The molecule has 110 valence electrons. The Bertz CT molecular complexity index is 677. The number of hydrogen-bond donors (Lipinski definition) is 1. The van der Waals surface area contributed by atoms with Gasteiger partial charge in [-0.3, -0.25) is 0 Å². The number of nitrogens with one attached hydrogen (secondary N) is 1. The topological polar surface area (TPSA) is 64.1 Å². The minimum Gasteiger partial charge on any atom is -0.465 e. The lowest BCUT2D eigenvalue weighted by atomic mass is 10.1. The molecule has 7 heteroatoms. The zero-order chi connectivity index (χ0) is 15.4. The third kappa shape index (κ3) is 3.31. The van der Waals surface area contributed by atoms with E-state index in [4.69, 9.17) is 0 Å². The summed E-state index contributed by atoms with van der Waals surface area (Å²) >= 11 is 0. The van der Waals surface area contributed by atoms with Crippen LogP contribution in [0.5, 0.6) is 0 Å². The fourth-order valence-corrected chi connectivity index (χ4v) is 1.74. The van der Waals surface area contributed by atoms with E-state index < -0.39 is 23.2 Å².